The number of likely N-dealkylation sites (N-methyl/N-ethyl adjacent to an activating group) is 1. The Morgan fingerprint density at radius 1 is 1.25 bits per heavy atom. The predicted molar refractivity (Wildman–Crippen MR) is 115 cm³/mol. The van der Waals surface area contributed by atoms with Gasteiger partial charge in [0, 0.05) is 60.3 Å². The Hall–Kier alpha value is -2.35. The van der Waals surface area contributed by atoms with Gasteiger partial charge in [0.25, 0.3) is 5.91 Å². The number of halogens is 1. The molecule has 4 rings (SSSR count). The van der Waals surface area contributed by atoms with Crippen molar-refractivity contribution in [3.05, 3.63) is 46.9 Å². The zero-order valence-electron chi connectivity index (χ0n) is 15.5. The van der Waals surface area contributed by atoms with Crippen LogP contribution in [-0.4, -0.2) is 55.6 Å². The Kier molecular flexibility index (Phi) is 5.66. The molecule has 2 aromatic carbocycles. The van der Waals surface area contributed by atoms with Gasteiger partial charge in [0.05, 0.1) is 5.02 Å². The maximum absolute atomic E-state index is 12.2. The lowest BCUT2D eigenvalue weighted by Crippen LogP contribution is -2.44. The molecule has 3 aromatic rings. The van der Waals surface area contributed by atoms with Crippen molar-refractivity contribution in [1.82, 2.24) is 9.88 Å². The Morgan fingerprint density at radius 2 is 2.00 bits per heavy atom. The Bertz CT molecular complexity index is 972. The van der Waals surface area contributed by atoms with Crippen molar-refractivity contribution in [1.29, 1.82) is 0 Å². The fourth-order valence-corrected chi connectivity index (χ4v) is 4.11. The fourth-order valence-electron chi connectivity index (χ4n) is 3.29. The second kappa shape index (κ2) is 8.34. The molecular weight excluding hydrogens is 396 g/mol. The number of piperazine rings is 1. The number of thiazole rings is 1. The molecule has 0 radical (unpaired) electrons. The molecule has 1 saturated heterocycles. The third kappa shape index (κ3) is 4.06. The van der Waals surface area contributed by atoms with E-state index in [4.69, 9.17) is 16.3 Å². The summed E-state index contributed by atoms with van der Waals surface area (Å²) in [5, 5.41) is 7.62. The second-order valence-electron chi connectivity index (χ2n) is 6.72. The summed E-state index contributed by atoms with van der Waals surface area (Å²) in [6.07, 6.45) is 1.64. The van der Waals surface area contributed by atoms with E-state index < -0.39 is 0 Å². The molecule has 0 bridgehead atoms. The summed E-state index contributed by atoms with van der Waals surface area (Å²) in [4.78, 5) is 20.9. The molecule has 0 saturated carbocycles. The maximum atomic E-state index is 12.2. The number of hydrogen-bond donors (Lipinski definition) is 1. The van der Waals surface area contributed by atoms with Gasteiger partial charge in [-0.05, 0) is 7.05 Å². The number of amides is 1. The van der Waals surface area contributed by atoms with Crippen LogP contribution in [0.4, 0.5) is 10.8 Å². The van der Waals surface area contributed by atoms with Crippen LogP contribution >= 0.6 is 22.9 Å². The van der Waals surface area contributed by atoms with Gasteiger partial charge in [0.15, 0.2) is 11.7 Å². The highest BCUT2D eigenvalue weighted by Crippen LogP contribution is 2.39. The van der Waals surface area contributed by atoms with Crippen LogP contribution in [0.5, 0.6) is 5.75 Å². The zero-order valence-corrected chi connectivity index (χ0v) is 17.1. The third-order valence-corrected chi connectivity index (χ3v) is 5.88. The van der Waals surface area contributed by atoms with Gasteiger partial charge in [-0.3, -0.25) is 10.1 Å². The van der Waals surface area contributed by atoms with Gasteiger partial charge < -0.3 is 14.5 Å². The summed E-state index contributed by atoms with van der Waals surface area (Å²) >= 11 is 7.97. The molecule has 1 N–H and O–H groups in total. The lowest BCUT2D eigenvalue weighted by Gasteiger charge is -2.35. The number of rotatable bonds is 5. The number of fused-ring (bicyclic) bond motifs is 1. The minimum absolute atomic E-state index is 0.125. The number of carbonyl (C=O) groups is 1. The SMILES string of the molecule is CN1CCN(c2cc(OCC(=O)Nc3nccs3)c(Cl)c3ccccc23)CC1. The Balaban J connectivity index is 1.59. The molecule has 2 heterocycles. The highest BCUT2D eigenvalue weighted by molar-refractivity contribution is 7.13. The van der Waals surface area contributed by atoms with Crippen LogP contribution in [0.2, 0.25) is 5.02 Å². The predicted octanol–water partition coefficient (Wildman–Crippen LogP) is 3.72. The van der Waals surface area contributed by atoms with Crippen LogP contribution in [-0.2, 0) is 4.79 Å². The summed E-state index contributed by atoms with van der Waals surface area (Å²) in [5.74, 6) is 0.254. The molecule has 146 valence electrons. The van der Waals surface area contributed by atoms with E-state index in [-0.39, 0.29) is 12.5 Å². The van der Waals surface area contributed by atoms with Crippen LogP contribution < -0.4 is 15.0 Å². The second-order valence-corrected chi connectivity index (χ2v) is 7.99. The molecular formula is C20H21ClN4O2S. The number of ether oxygens (including phenoxy) is 1. The van der Waals surface area contributed by atoms with E-state index in [9.17, 15) is 4.79 Å². The molecule has 0 aliphatic carbocycles. The van der Waals surface area contributed by atoms with Crippen molar-refractivity contribution in [3.63, 3.8) is 0 Å². The summed E-state index contributed by atoms with van der Waals surface area (Å²) in [6, 6.07) is 9.99. The molecule has 1 amide bonds. The standard InChI is InChI=1S/C20H21ClN4O2S/c1-24-7-9-25(10-8-24)16-12-17(19(21)15-5-3-2-4-14(15)16)27-13-18(26)23-20-22-6-11-28-20/h2-6,11-12H,7-10,13H2,1H3,(H,22,23,26). The molecule has 1 aliphatic heterocycles. The molecule has 0 spiro atoms. The number of aromatic nitrogens is 1. The van der Waals surface area contributed by atoms with E-state index in [1.165, 1.54) is 11.3 Å². The number of anilines is 2. The van der Waals surface area contributed by atoms with Crippen molar-refractivity contribution >= 4 is 50.4 Å². The average Bonchev–Trinajstić information content (AvgIpc) is 3.21. The van der Waals surface area contributed by atoms with Gasteiger partial charge in [-0.25, -0.2) is 4.98 Å². The van der Waals surface area contributed by atoms with Gasteiger partial charge in [0.1, 0.15) is 5.75 Å². The van der Waals surface area contributed by atoms with Crippen molar-refractivity contribution in [2.24, 2.45) is 0 Å². The summed E-state index contributed by atoms with van der Waals surface area (Å²) in [7, 11) is 2.13. The number of carbonyl (C=O) groups excluding carboxylic acids is 1. The van der Waals surface area contributed by atoms with Gasteiger partial charge in [-0.15, -0.1) is 11.3 Å². The zero-order chi connectivity index (χ0) is 19.5. The van der Waals surface area contributed by atoms with Gasteiger partial charge >= 0.3 is 0 Å². The molecule has 0 unspecified atom stereocenters. The van der Waals surface area contributed by atoms with E-state index in [0.29, 0.717) is 15.9 Å². The molecule has 28 heavy (non-hydrogen) atoms. The number of nitrogens with zero attached hydrogens (tertiary/aromatic N) is 3. The third-order valence-electron chi connectivity index (χ3n) is 4.81. The first kappa shape index (κ1) is 19.0. The maximum Gasteiger partial charge on any atom is 0.264 e. The van der Waals surface area contributed by atoms with E-state index in [1.54, 1.807) is 11.6 Å². The first-order chi connectivity index (χ1) is 13.6. The summed E-state index contributed by atoms with van der Waals surface area (Å²) in [5.41, 5.74) is 1.09. The average molecular weight is 417 g/mol. The minimum Gasteiger partial charge on any atom is -0.482 e. The topological polar surface area (TPSA) is 57.7 Å². The Labute approximate surface area is 172 Å². The number of nitrogens with one attached hydrogen (secondary N) is 1. The van der Waals surface area contributed by atoms with Crippen LogP contribution in [0.15, 0.2) is 41.9 Å². The molecule has 6 nitrogen and oxygen atoms in total. The van der Waals surface area contributed by atoms with Gasteiger partial charge in [0.2, 0.25) is 0 Å². The first-order valence-electron chi connectivity index (χ1n) is 9.08. The van der Waals surface area contributed by atoms with Crippen molar-refractivity contribution < 1.29 is 9.53 Å². The van der Waals surface area contributed by atoms with E-state index in [0.717, 1.165) is 42.6 Å². The molecule has 1 fully saturated rings. The van der Waals surface area contributed by atoms with E-state index >= 15 is 0 Å². The highest BCUT2D eigenvalue weighted by atomic mass is 35.5. The lowest BCUT2D eigenvalue weighted by molar-refractivity contribution is -0.118. The summed E-state index contributed by atoms with van der Waals surface area (Å²) < 4.78 is 5.80. The molecule has 8 heteroatoms. The quantitative estimate of drug-likeness (QED) is 0.687. The Morgan fingerprint density at radius 3 is 2.71 bits per heavy atom. The number of benzene rings is 2. The lowest BCUT2D eigenvalue weighted by atomic mass is 10.1. The largest absolute Gasteiger partial charge is 0.482 e. The number of hydrogen-bond acceptors (Lipinski definition) is 6. The van der Waals surface area contributed by atoms with Crippen molar-refractivity contribution in [2.45, 2.75) is 0 Å². The highest BCUT2D eigenvalue weighted by Gasteiger charge is 2.20. The smallest absolute Gasteiger partial charge is 0.264 e. The van der Waals surface area contributed by atoms with E-state index in [2.05, 4.69) is 33.2 Å². The van der Waals surface area contributed by atoms with Crippen LogP contribution in [0, 0.1) is 0 Å². The fraction of sp³-hybridized carbons (Fsp3) is 0.300. The first-order valence-corrected chi connectivity index (χ1v) is 10.3. The van der Waals surface area contributed by atoms with Crippen molar-refractivity contribution in [2.75, 3.05) is 50.1 Å². The molecule has 1 aromatic heterocycles. The van der Waals surface area contributed by atoms with Crippen molar-refractivity contribution in [3.8, 4) is 5.75 Å². The van der Waals surface area contributed by atoms with Gasteiger partial charge in [-0.2, -0.15) is 0 Å². The van der Waals surface area contributed by atoms with E-state index in [1.807, 2.05) is 24.3 Å². The van der Waals surface area contributed by atoms with Gasteiger partial charge in [-0.1, -0.05) is 35.9 Å². The van der Waals surface area contributed by atoms with Crippen LogP contribution in [0.1, 0.15) is 0 Å². The van der Waals surface area contributed by atoms with Crippen LogP contribution in [0.3, 0.4) is 0 Å². The molecule has 1 aliphatic rings. The summed E-state index contributed by atoms with van der Waals surface area (Å²) in [6.45, 7) is 3.75. The normalized spacial score (nSPS) is 15.0. The van der Waals surface area contributed by atoms with Crippen LogP contribution in [0.25, 0.3) is 10.8 Å². The minimum atomic E-state index is -0.264. The monoisotopic (exact) mass is 416 g/mol. The molecule has 0 atom stereocenters.